The topological polar surface area (TPSA) is 89.5 Å². The Hall–Kier alpha value is -0.900. The van der Waals surface area contributed by atoms with Crippen molar-refractivity contribution in [1.82, 2.24) is 0 Å². The molecular formula is C23H44O8. The summed E-state index contributed by atoms with van der Waals surface area (Å²) in [7, 11) is 0. The van der Waals surface area contributed by atoms with Crippen LogP contribution in [-0.4, -0.2) is 90.8 Å². The van der Waals surface area contributed by atoms with Crippen LogP contribution in [0.15, 0.2) is 0 Å². The Morgan fingerprint density at radius 2 is 0.968 bits per heavy atom. The van der Waals surface area contributed by atoms with Gasteiger partial charge in [-0.15, -0.1) is 0 Å². The summed E-state index contributed by atoms with van der Waals surface area (Å²) in [5.74, 6) is 0.370. The summed E-state index contributed by atoms with van der Waals surface area (Å²) < 4.78 is 32.3. The van der Waals surface area contributed by atoms with Crippen LogP contribution in [0.3, 0.4) is 0 Å². The average molecular weight is 449 g/mol. The Bertz CT molecular complexity index is 445. The van der Waals surface area contributed by atoms with Crippen LogP contribution in [0.2, 0.25) is 0 Å². The highest BCUT2D eigenvalue weighted by atomic mass is 16.6. The van der Waals surface area contributed by atoms with E-state index in [1.165, 1.54) is 0 Å². The minimum absolute atomic E-state index is 0.00409. The van der Waals surface area contributed by atoms with Crippen LogP contribution in [-0.2, 0) is 38.0 Å². The molecule has 184 valence electrons. The first kappa shape index (κ1) is 30.1. The van der Waals surface area contributed by atoms with Crippen molar-refractivity contribution < 1.29 is 38.0 Å². The highest BCUT2D eigenvalue weighted by molar-refractivity contribution is 5.83. The van der Waals surface area contributed by atoms with Crippen molar-refractivity contribution in [3.63, 3.8) is 0 Å². The zero-order valence-corrected chi connectivity index (χ0v) is 20.2. The Kier molecular flexibility index (Phi) is 19.2. The summed E-state index contributed by atoms with van der Waals surface area (Å²) >= 11 is 0. The fraction of sp³-hybridized carbons (Fsp3) is 0.913. The lowest BCUT2D eigenvalue weighted by Gasteiger charge is -2.16. The van der Waals surface area contributed by atoms with Crippen LogP contribution in [0.5, 0.6) is 0 Å². The molecule has 8 heteroatoms. The number of hydrogen-bond donors (Lipinski definition) is 0. The summed E-state index contributed by atoms with van der Waals surface area (Å²) in [4.78, 5) is 23.1. The number of carbonyl (C=O) groups excluding carboxylic acids is 2. The third-order valence-corrected chi connectivity index (χ3v) is 4.28. The van der Waals surface area contributed by atoms with Gasteiger partial charge in [0.05, 0.1) is 66.1 Å². The number of hydrogen-bond acceptors (Lipinski definition) is 8. The number of ether oxygens (including phenoxy) is 6. The van der Waals surface area contributed by atoms with Gasteiger partial charge in [0.25, 0.3) is 0 Å². The van der Waals surface area contributed by atoms with Gasteiger partial charge >= 0.3 is 0 Å². The third kappa shape index (κ3) is 20.7. The molecule has 0 N–H and O–H groups in total. The lowest BCUT2D eigenvalue weighted by Crippen LogP contribution is -2.20. The molecule has 0 fully saturated rings. The molecule has 0 saturated carbocycles. The van der Waals surface area contributed by atoms with E-state index in [-0.39, 0.29) is 29.5 Å². The van der Waals surface area contributed by atoms with Crippen molar-refractivity contribution in [1.29, 1.82) is 0 Å². The highest BCUT2D eigenvalue weighted by Crippen LogP contribution is 2.17. The van der Waals surface area contributed by atoms with Gasteiger partial charge in [0.2, 0.25) is 0 Å². The summed E-state index contributed by atoms with van der Waals surface area (Å²) in [5, 5.41) is 0. The van der Waals surface area contributed by atoms with Gasteiger partial charge in [-0.25, -0.2) is 0 Å². The molecule has 0 aromatic rings. The van der Waals surface area contributed by atoms with E-state index in [0.717, 1.165) is 6.42 Å². The molecule has 0 saturated heterocycles. The SMILES string of the molecule is CC(C)C(=O)COCCOCCOCCOCCOCCOCCCC(=O)C(C)(C)C. The van der Waals surface area contributed by atoms with Gasteiger partial charge in [0.15, 0.2) is 5.78 Å². The third-order valence-electron chi connectivity index (χ3n) is 4.28. The molecule has 0 heterocycles. The van der Waals surface area contributed by atoms with Gasteiger partial charge < -0.3 is 28.4 Å². The number of ketones is 2. The zero-order valence-electron chi connectivity index (χ0n) is 20.2. The van der Waals surface area contributed by atoms with E-state index in [2.05, 4.69) is 0 Å². The second-order valence-corrected chi connectivity index (χ2v) is 8.51. The maximum Gasteiger partial charge on any atom is 0.160 e. The van der Waals surface area contributed by atoms with E-state index in [0.29, 0.717) is 79.1 Å². The first-order valence-corrected chi connectivity index (χ1v) is 11.3. The predicted molar refractivity (Wildman–Crippen MR) is 118 cm³/mol. The molecule has 0 radical (unpaired) electrons. The molecule has 0 unspecified atom stereocenters. The second-order valence-electron chi connectivity index (χ2n) is 8.51. The van der Waals surface area contributed by atoms with E-state index in [9.17, 15) is 9.59 Å². The normalized spacial score (nSPS) is 11.9. The Labute approximate surface area is 188 Å². The second kappa shape index (κ2) is 19.8. The molecule has 0 aromatic heterocycles. The van der Waals surface area contributed by atoms with Crippen molar-refractivity contribution in [2.24, 2.45) is 11.3 Å². The molecule has 0 atom stereocenters. The van der Waals surface area contributed by atoms with Crippen molar-refractivity contribution in [3.05, 3.63) is 0 Å². The molecule has 0 amide bonds. The van der Waals surface area contributed by atoms with Gasteiger partial charge in [-0.05, 0) is 6.42 Å². The maximum atomic E-state index is 11.8. The van der Waals surface area contributed by atoms with Crippen LogP contribution in [0.25, 0.3) is 0 Å². The molecule has 0 aliphatic heterocycles. The standard InChI is InChI=1S/C23H44O8/c1-20(2)21(24)19-31-18-17-30-16-15-29-14-13-28-12-11-27-10-9-26-8-6-7-22(25)23(3,4)5/h20H,6-19H2,1-5H3. The molecule has 0 rings (SSSR count). The number of carbonyl (C=O) groups is 2. The molecule has 0 aliphatic carbocycles. The quantitative estimate of drug-likeness (QED) is 0.234. The molecule has 0 aromatic carbocycles. The average Bonchev–Trinajstić information content (AvgIpc) is 2.71. The molecule has 31 heavy (non-hydrogen) atoms. The summed E-state index contributed by atoms with van der Waals surface area (Å²) in [5.41, 5.74) is -0.270. The highest BCUT2D eigenvalue weighted by Gasteiger charge is 2.19. The Balaban J connectivity index is 3.16. The van der Waals surface area contributed by atoms with E-state index in [1.54, 1.807) is 0 Å². The predicted octanol–water partition coefficient (Wildman–Crippen LogP) is 2.71. The zero-order chi connectivity index (χ0) is 23.4. The van der Waals surface area contributed by atoms with E-state index in [4.69, 9.17) is 28.4 Å². The lowest BCUT2D eigenvalue weighted by molar-refractivity contribution is -0.127. The number of Topliss-reactive ketones (excluding diaryl/α,β-unsaturated/α-hetero) is 2. The maximum absolute atomic E-state index is 11.8. The van der Waals surface area contributed by atoms with Crippen LogP contribution < -0.4 is 0 Å². The van der Waals surface area contributed by atoms with Gasteiger partial charge in [0, 0.05) is 24.4 Å². The Morgan fingerprint density at radius 3 is 1.32 bits per heavy atom. The minimum atomic E-state index is -0.270. The molecular weight excluding hydrogens is 404 g/mol. The van der Waals surface area contributed by atoms with Crippen LogP contribution in [0.1, 0.15) is 47.5 Å². The Morgan fingerprint density at radius 1 is 0.613 bits per heavy atom. The van der Waals surface area contributed by atoms with Crippen molar-refractivity contribution in [2.45, 2.75) is 47.5 Å². The first-order valence-electron chi connectivity index (χ1n) is 11.3. The van der Waals surface area contributed by atoms with Crippen molar-refractivity contribution >= 4 is 11.6 Å². The fourth-order valence-electron chi connectivity index (χ4n) is 2.15. The summed E-state index contributed by atoms with van der Waals surface area (Å²) in [6.45, 7) is 15.1. The fourth-order valence-corrected chi connectivity index (χ4v) is 2.15. The summed E-state index contributed by atoms with van der Waals surface area (Å²) in [6, 6.07) is 0. The van der Waals surface area contributed by atoms with Crippen molar-refractivity contribution in [2.75, 3.05) is 79.3 Å². The smallest absolute Gasteiger partial charge is 0.160 e. The number of rotatable bonds is 22. The van der Waals surface area contributed by atoms with Gasteiger partial charge in [-0.1, -0.05) is 34.6 Å². The van der Waals surface area contributed by atoms with Crippen LogP contribution in [0, 0.1) is 11.3 Å². The van der Waals surface area contributed by atoms with E-state index < -0.39 is 0 Å². The van der Waals surface area contributed by atoms with Gasteiger partial charge in [0.1, 0.15) is 12.4 Å². The van der Waals surface area contributed by atoms with E-state index in [1.807, 2.05) is 34.6 Å². The minimum Gasteiger partial charge on any atom is -0.379 e. The van der Waals surface area contributed by atoms with Crippen LogP contribution in [0.4, 0.5) is 0 Å². The first-order chi connectivity index (χ1) is 14.7. The largest absolute Gasteiger partial charge is 0.379 e. The van der Waals surface area contributed by atoms with Crippen molar-refractivity contribution in [3.8, 4) is 0 Å². The molecule has 0 bridgehead atoms. The lowest BCUT2D eigenvalue weighted by atomic mass is 9.88. The molecule has 0 aliphatic rings. The van der Waals surface area contributed by atoms with E-state index >= 15 is 0 Å². The molecule has 8 nitrogen and oxygen atoms in total. The monoisotopic (exact) mass is 448 g/mol. The molecule has 0 spiro atoms. The van der Waals surface area contributed by atoms with Gasteiger partial charge in [-0.2, -0.15) is 0 Å². The van der Waals surface area contributed by atoms with Crippen LogP contribution >= 0.6 is 0 Å². The van der Waals surface area contributed by atoms with Gasteiger partial charge in [-0.3, -0.25) is 9.59 Å². The summed E-state index contributed by atoms with van der Waals surface area (Å²) in [6.07, 6.45) is 1.30.